The summed E-state index contributed by atoms with van der Waals surface area (Å²) < 4.78 is 16.7. The van der Waals surface area contributed by atoms with E-state index in [1.165, 1.54) is 7.11 Å². The van der Waals surface area contributed by atoms with Gasteiger partial charge in [0.05, 0.1) is 20.3 Å². The highest BCUT2D eigenvalue weighted by Crippen LogP contribution is 2.26. The number of rotatable bonds is 20. The number of methoxy groups -OCH3 is 1. The van der Waals surface area contributed by atoms with E-state index < -0.39 is 22.4 Å². The van der Waals surface area contributed by atoms with Crippen molar-refractivity contribution in [1.82, 2.24) is 9.55 Å². The third kappa shape index (κ3) is 16.5. The van der Waals surface area contributed by atoms with Crippen LogP contribution in [-0.4, -0.2) is 71.7 Å². The number of aryl methyl sites for hydroxylation is 1. The number of imidazole rings is 1. The molecule has 52 heavy (non-hydrogen) atoms. The maximum atomic E-state index is 12.8. The number of aromatic nitrogens is 2. The second-order valence-corrected chi connectivity index (χ2v) is 11.0. The summed E-state index contributed by atoms with van der Waals surface area (Å²) in [5.74, 6) is 5.82. The first-order valence-corrected chi connectivity index (χ1v) is 16.5. The van der Waals surface area contributed by atoms with Gasteiger partial charge < -0.3 is 40.0 Å². The molecule has 3 rings (SSSR count). The average molecular weight is 752 g/mol. The summed E-state index contributed by atoms with van der Waals surface area (Å²) in [6, 6.07) is 15.6. The van der Waals surface area contributed by atoms with Gasteiger partial charge in [-0.2, -0.15) is 5.10 Å². The van der Waals surface area contributed by atoms with Crippen LogP contribution in [0.5, 0.6) is 0 Å². The van der Waals surface area contributed by atoms with E-state index in [0.717, 1.165) is 67.3 Å². The van der Waals surface area contributed by atoms with Gasteiger partial charge in [-0.3, -0.25) is 4.79 Å². The van der Waals surface area contributed by atoms with Gasteiger partial charge in [0.1, 0.15) is 5.82 Å². The minimum absolute atomic E-state index is 0.126. The highest BCUT2D eigenvalue weighted by molar-refractivity contribution is 6.32. The van der Waals surface area contributed by atoms with Gasteiger partial charge >= 0.3 is 5.97 Å². The van der Waals surface area contributed by atoms with Crippen molar-refractivity contribution in [2.24, 2.45) is 16.7 Å². The van der Waals surface area contributed by atoms with E-state index in [0.29, 0.717) is 32.5 Å². The number of unbranched alkanes of at least 4 members (excludes halogenated alkanes) is 4. The van der Waals surface area contributed by atoms with Gasteiger partial charge in [0.15, 0.2) is 23.0 Å². The fourth-order valence-corrected chi connectivity index (χ4v) is 4.72. The molecule has 0 bridgehead atoms. The van der Waals surface area contributed by atoms with Crippen LogP contribution in [0.2, 0.25) is 5.15 Å². The minimum atomic E-state index is -0.875. The first-order chi connectivity index (χ1) is 24.9. The monoisotopic (exact) mass is 751 g/mol. The van der Waals surface area contributed by atoms with Crippen molar-refractivity contribution in [3.63, 3.8) is 0 Å². The zero-order valence-electron chi connectivity index (χ0n) is 29.6. The predicted octanol–water partition coefficient (Wildman–Crippen LogP) is 5.08. The van der Waals surface area contributed by atoms with Crippen LogP contribution < -0.4 is 11.6 Å². The lowest BCUT2D eigenvalue weighted by Crippen LogP contribution is -2.21. The van der Waals surface area contributed by atoms with Crippen molar-refractivity contribution in [2.75, 3.05) is 27.4 Å². The fraction of sp³-hybridized carbons (Fsp3) is 0.455. The van der Waals surface area contributed by atoms with Gasteiger partial charge in [0.25, 0.3) is 16.6 Å². The summed E-state index contributed by atoms with van der Waals surface area (Å²) in [6.45, 7) is 5.13. The Hall–Kier alpha value is -5.49. The van der Waals surface area contributed by atoms with Gasteiger partial charge in [-0.1, -0.05) is 79.9 Å². The summed E-state index contributed by atoms with van der Waals surface area (Å²) >= 11 is 6.38. The Kier molecular flexibility index (Phi) is 21.8. The number of hydrazone groups is 1. The van der Waals surface area contributed by atoms with E-state index in [1.54, 1.807) is 6.92 Å². The number of halogens is 1. The number of ether oxygens (including phenoxy) is 3. The van der Waals surface area contributed by atoms with E-state index in [1.807, 2.05) is 53.1 Å². The lowest BCUT2D eigenvalue weighted by Gasteiger charge is -2.15. The fourth-order valence-electron chi connectivity index (χ4n) is 4.44. The summed E-state index contributed by atoms with van der Waals surface area (Å²) in [5.41, 5.74) is 9.81. The smallest absolute Gasteiger partial charge is 0.360 e. The average Bonchev–Trinajstić information content (AvgIpc) is 3.45. The quantitative estimate of drug-likeness (QED) is 0.0176. The topological polar surface area (TPSA) is 249 Å². The molecule has 1 heterocycles. The number of hydrogen-bond donors (Lipinski definition) is 2. The number of nitrogens with zero attached hydrogens (tertiary/aromatic N) is 5. The van der Waals surface area contributed by atoms with Gasteiger partial charge in [-0.05, 0) is 49.3 Å². The molecule has 0 aliphatic rings. The van der Waals surface area contributed by atoms with Gasteiger partial charge in [-0.15, -0.1) is 20.2 Å². The van der Waals surface area contributed by atoms with Gasteiger partial charge in [0.2, 0.25) is 0 Å². The number of benzene rings is 2. The standard InChI is InChI=1S/C25H30ClN5O3.C7H13NO5.CH3NO3/c1-4-5-10-21-29-23(26)22(25(32)34-16(2)33-3)31(21)15-17-11-13-18(14-12-17)19-8-6-7-9-20(19)24(27)30-28;9-7-12-5-3-1-2-4-6-13-8(10)11;1-5-2(3)4/h6-9,11-14,16H,4-5,10,15,28H2,1-3H3,(H2,27,30);7H,1-6H2;1H3. The third-order valence-corrected chi connectivity index (χ3v) is 7.34. The van der Waals surface area contributed by atoms with Crippen molar-refractivity contribution in [2.45, 2.75) is 71.6 Å². The number of carbonyl (C=O) groups is 2. The molecule has 0 aliphatic carbocycles. The molecule has 1 atom stereocenters. The van der Waals surface area contributed by atoms with E-state index in [9.17, 15) is 19.7 Å². The molecule has 19 heteroatoms. The zero-order chi connectivity index (χ0) is 38.9. The summed E-state index contributed by atoms with van der Waals surface area (Å²) in [5, 5.41) is 20.7. The molecular weight excluding hydrogens is 706 g/mol. The van der Waals surface area contributed by atoms with Crippen LogP contribution in [0.3, 0.4) is 0 Å². The maximum absolute atomic E-state index is 12.8. The van der Waals surface area contributed by atoms with Crippen LogP contribution in [0.4, 0.5) is 0 Å². The second-order valence-electron chi connectivity index (χ2n) is 10.7. The molecule has 4 N–H and O–H groups in total. The molecule has 2 aromatic carbocycles. The van der Waals surface area contributed by atoms with Crippen molar-refractivity contribution in [3.8, 4) is 11.1 Å². The Morgan fingerprint density at radius 2 is 1.65 bits per heavy atom. The Labute approximate surface area is 306 Å². The Bertz CT molecular complexity index is 1570. The van der Waals surface area contributed by atoms with Gasteiger partial charge in [-0.25, -0.2) is 9.78 Å². The third-order valence-electron chi connectivity index (χ3n) is 7.07. The number of nitrogens with two attached hydrogens (primary N) is 2. The predicted molar refractivity (Wildman–Crippen MR) is 191 cm³/mol. The molecule has 0 saturated carbocycles. The molecule has 0 fully saturated rings. The SMILES string of the molecule is CCCCc1nc(Cl)c(C(=O)OC(C)OC)n1Cc1ccc(-c2ccccc2/C(N)=N/N)cc1.CO[N+](=O)[O-].O=COCCCCCCO[N+](=O)[O-]. The zero-order valence-corrected chi connectivity index (χ0v) is 30.4. The van der Waals surface area contributed by atoms with Crippen LogP contribution in [0.15, 0.2) is 53.6 Å². The molecule has 0 radical (unpaired) electrons. The van der Waals surface area contributed by atoms with Gasteiger partial charge in [0, 0.05) is 25.6 Å². The Balaban J connectivity index is 0.000000622. The molecule has 0 spiro atoms. The molecule has 1 aromatic heterocycles. The normalized spacial score (nSPS) is 11.1. The van der Waals surface area contributed by atoms with Crippen LogP contribution in [-0.2, 0) is 41.6 Å². The molecule has 3 aromatic rings. The minimum Gasteiger partial charge on any atom is -0.468 e. The van der Waals surface area contributed by atoms with E-state index in [2.05, 4.69) is 31.4 Å². The summed E-state index contributed by atoms with van der Waals surface area (Å²) in [6.07, 6.45) is 5.09. The van der Waals surface area contributed by atoms with Crippen molar-refractivity contribution < 1.29 is 43.6 Å². The second kappa shape index (κ2) is 25.5. The van der Waals surface area contributed by atoms with E-state index in [4.69, 9.17) is 42.8 Å². The molecule has 18 nitrogen and oxygen atoms in total. The number of esters is 1. The molecule has 0 amide bonds. The van der Waals surface area contributed by atoms with Crippen LogP contribution in [0, 0.1) is 20.2 Å². The number of hydrogen-bond acceptors (Lipinski definition) is 14. The lowest BCUT2D eigenvalue weighted by molar-refractivity contribution is -0.757. The summed E-state index contributed by atoms with van der Waals surface area (Å²) in [7, 11) is 2.47. The Morgan fingerprint density at radius 3 is 2.21 bits per heavy atom. The first kappa shape index (κ1) is 44.5. The molecular formula is C33H46ClN7O11. The molecule has 0 saturated heterocycles. The Morgan fingerprint density at radius 1 is 1.02 bits per heavy atom. The van der Waals surface area contributed by atoms with Crippen LogP contribution in [0.25, 0.3) is 11.1 Å². The highest BCUT2D eigenvalue weighted by atomic mass is 35.5. The van der Waals surface area contributed by atoms with E-state index >= 15 is 0 Å². The largest absolute Gasteiger partial charge is 0.468 e. The van der Waals surface area contributed by atoms with Crippen molar-refractivity contribution >= 4 is 29.9 Å². The molecule has 1 unspecified atom stereocenters. The molecule has 0 aliphatic heterocycles. The van der Waals surface area contributed by atoms with Crippen LogP contribution in [0.1, 0.15) is 79.8 Å². The maximum Gasteiger partial charge on any atom is 0.360 e. The summed E-state index contributed by atoms with van der Waals surface area (Å²) in [4.78, 5) is 53.2. The number of amidine groups is 1. The molecule has 286 valence electrons. The number of carbonyl (C=O) groups excluding carboxylic acids is 2. The highest BCUT2D eigenvalue weighted by Gasteiger charge is 2.25. The van der Waals surface area contributed by atoms with Crippen molar-refractivity contribution in [1.29, 1.82) is 0 Å². The van der Waals surface area contributed by atoms with E-state index in [-0.39, 0.29) is 23.3 Å². The van der Waals surface area contributed by atoms with Crippen molar-refractivity contribution in [3.05, 3.63) is 96.6 Å². The lowest BCUT2D eigenvalue weighted by atomic mass is 9.98. The first-order valence-electron chi connectivity index (χ1n) is 16.2. The van der Waals surface area contributed by atoms with Crippen LogP contribution >= 0.6 is 11.6 Å².